The number of rotatable bonds is 4. The first-order valence-electron chi connectivity index (χ1n) is 10.8. The van der Waals surface area contributed by atoms with Crippen LogP contribution in [0.2, 0.25) is 0 Å². The lowest BCUT2D eigenvalue weighted by Gasteiger charge is -2.23. The summed E-state index contributed by atoms with van der Waals surface area (Å²) in [5, 5.41) is 21.5. The lowest BCUT2D eigenvalue weighted by Crippen LogP contribution is -2.26. The number of aliphatic hydroxyl groups excluding tert-OH is 1. The first-order valence-corrected chi connectivity index (χ1v) is 10.8. The van der Waals surface area contributed by atoms with Crippen LogP contribution in [0.5, 0.6) is 0 Å². The van der Waals surface area contributed by atoms with Gasteiger partial charge in [-0.3, -0.25) is 0 Å². The predicted molar refractivity (Wildman–Crippen MR) is 122 cm³/mol. The van der Waals surface area contributed by atoms with E-state index in [-0.39, 0.29) is 0 Å². The molecule has 1 unspecified atom stereocenters. The van der Waals surface area contributed by atoms with Crippen molar-refractivity contribution < 1.29 is 5.11 Å². The average molecular weight is 401 g/mol. The van der Waals surface area contributed by atoms with Crippen LogP contribution in [-0.2, 0) is 0 Å². The maximum absolute atomic E-state index is 9.90. The van der Waals surface area contributed by atoms with E-state index in [0.29, 0.717) is 5.92 Å². The summed E-state index contributed by atoms with van der Waals surface area (Å²) in [6.07, 6.45) is 5.97. The predicted octanol–water partition coefficient (Wildman–Crippen LogP) is 4.49. The van der Waals surface area contributed by atoms with E-state index >= 15 is 0 Å². The molecule has 2 aliphatic rings. The molecule has 5 rings (SSSR count). The smallest absolute Gasteiger partial charge is 0.137 e. The molecule has 2 aliphatic heterocycles. The molecule has 3 heterocycles. The molecule has 1 saturated heterocycles. The van der Waals surface area contributed by atoms with Crippen LogP contribution in [0.4, 0.5) is 5.82 Å². The normalized spacial score (nSPS) is 17.7. The van der Waals surface area contributed by atoms with Crippen LogP contribution in [0, 0.1) is 0 Å². The summed E-state index contributed by atoms with van der Waals surface area (Å²) in [6.45, 7) is 4.79. The van der Waals surface area contributed by atoms with Crippen molar-refractivity contribution in [1.82, 2.24) is 15.1 Å². The number of anilines is 1. The first-order chi connectivity index (χ1) is 14.7. The van der Waals surface area contributed by atoms with Crippen LogP contribution in [0.1, 0.15) is 48.5 Å². The van der Waals surface area contributed by atoms with E-state index in [0.717, 1.165) is 42.1 Å². The number of hydrogen-bond acceptors (Lipinski definition) is 4. The van der Waals surface area contributed by atoms with E-state index in [1.54, 1.807) is 6.92 Å². The number of aliphatic hydroxyl groups is 1. The number of piperidine rings is 1. The number of nitrogens with one attached hydrogen (secondary N) is 2. The molecule has 2 aromatic carbocycles. The van der Waals surface area contributed by atoms with E-state index in [1.165, 1.54) is 29.5 Å². The van der Waals surface area contributed by atoms with Crippen molar-refractivity contribution in [1.29, 1.82) is 0 Å². The van der Waals surface area contributed by atoms with Gasteiger partial charge in [0.15, 0.2) is 0 Å². The van der Waals surface area contributed by atoms with Crippen LogP contribution in [0.25, 0.3) is 22.9 Å². The van der Waals surface area contributed by atoms with Gasteiger partial charge < -0.3 is 15.7 Å². The van der Waals surface area contributed by atoms with Crippen molar-refractivity contribution in [3.8, 4) is 11.1 Å². The minimum absolute atomic E-state index is 0.483. The van der Waals surface area contributed by atoms with E-state index in [4.69, 9.17) is 0 Å². The Bertz CT molecular complexity index is 1060. The zero-order valence-electron chi connectivity index (χ0n) is 17.3. The molecule has 5 heteroatoms. The third-order valence-electron chi connectivity index (χ3n) is 6.29. The SMILES string of the molecule is CC(O)c1cccc(-c2cnn3c2NCC(c2ccc(C4CCNCC4)cc2)=C3)c1. The monoisotopic (exact) mass is 400 g/mol. The Kier molecular flexibility index (Phi) is 5.15. The standard InChI is InChI=1S/C25H28N4O/c1-17(30)21-3-2-4-22(13-21)24-15-28-29-16-23(14-27-25(24)29)19-7-5-18(6-8-19)20-9-11-26-12-10-20/h2-8,13,15-17,20,26-27,30H,9-12,14H2,1H3. The minimum Gasteiger partial charge on any atom is -0.389 e. The third kappa shape index (κ3) is 3.66. The van der Waals surface area contributed by atoms with Crippen LogP contribution >= 0.6 is 0 Å². The second kappa shape index (κ2) is 8.09. The highest BCUT2D eigenvalue weighted by Gasteiger charge is 2.19. The molecule has 0 bridgehead atoms. The minimum atomic E-state index is -0.483. The maximum atomic E-state index is 9.90. The quantitative estimate of drug-likeness (QED) is 0.604. The van der Waals surface area contributed by atoms with Crippen LogP contribution in [-0.4, -0.2) is 34.5 Å². The summed E-state index contributed by atoms with van der Waals surface area (Å²) in [7, 11) is 0. The van der Waals surface area contributed by atoms with Crippen molar-refractivity contribution in [3.63, 3.8) is 0 Å². The molecule has 1 fully saturated rings. The number of hydrogen-bond donors (Lipinski definition) is 3. The maximum Gasteiger partial charge on any atom is 0.137 e. The average Bonchev–Trinajstić information content (AvgIpc) is 3.23. The summed E-state index contributed by atoms with van der Waals surface area (Å²) in [4.78, 5) is 0. The lowest BCUT2D eigenvalue weighted by molar-refractivity contribution is 0.199. The van der Waals surface area contributed by atoms with Gasteiger partial charge >= 0.3 is 0 Å². The highest BCUT2D eigenvalue weighted by Crippen LogP contribution is 2.34. The van der Waals surface area contributed by atoms with Crippen molar-refractivity contribution >= 4 is 17.6 Å². The largest absolute Gasteiger partial charge is 0.389 e. The Hall–Kier alpha value is -2.89. The molecular weight excluding hydrogens is 372 g/mol. The van der Waals surface area contributed by atoms with E-state index < -0.39 is 6.10 Å². The molecule has 30 heavy (non-hydrogen) atoms. The van der Waals surface area contributed by atoms with E-state index in [9.17, 15) is 5.11 Å². The van der Waals surface area contributed by atoms with Gasteiger partial charge in [-0.25, -0.2) is 4.68 Å². The summed E-state index contributed by atoms with van der Waals surface area (Å²) in [5.41, 5.74) is 6.93. The van der Waals surface area contributed by atoms with Gasteiger partial charge in [-0.15, -0.1) is 0 Å². The molecule has 5 nitrogen and oxygen atoms in total. The van der Waals surface area contributed by atoms with Crippen molar-refractivity contribution in [2.75, 3.05) is 25.0 Å². The fraction of sp³-hybridized carbons (Fsp3) is 0.320. The Balaban J connectivity index is 1.40. The summed E-state index contributed by atoms with van der Waals surface area (Å²) in [5.74, 6) is 1.67. The van der Waals surface area contributed by atoms with Gasteiger partial charge in [0, 0.05) is 18.3 Å². The highest BCUT2D eigenvalue weighted by atomic mass is 16.3. The molecule has 3 aromatic rings. The number of benzene rings is 2. The molecule has 0 spiro atoms. The molecule has 3 N–H and O–H groups in total. The molecule has 0 saturated carbocycles. The van der Waals surface area contributed by atoms with Crippen LogP contribution in [0.15, 0.2) is 54.7 Å². The van der Waals surface area contributed by atoms with Crippen molar-refractivity contribution in [2.24, 2.45) is 0 Å². The fourth-order valence-electron chi connectivity index (χ4n) is 4.49. The van der Waals surface area contributed by atoms with E-state index in [2.05, 4.69) is 52.3 Å². The van der Waals surface area contributed by atoms with Crippen molar-refractivity contribution in [3.05, 3.63) is 71.4 Å². The van der Waals surface area contributed by atoms with Crippen LogP contribution < -0.4 is 10.6 Å². The Labute approximate surface area is 177 Å². The number of aromatic nitrogens is 2. The molecule has 1 atom stereocenters. The summed E-state index contributed by atoms with van der Waals surface area (Å²) >= 11 is 0. The lowest BCUT2D eigenvalue weighted by atomic mass is 9.89. The molecule has 154 valence electrons. The molecule has 0 amide bonds. The van der Waals surface area contributed by atoms with Gasteiger partial charge in [0.05, 0.1) is 12.3 Å². The van der Waals surface area contributed by atoms with Gasteiger partial charge in [0.25, 0.3) is 0 Å². The first kappa shape index (κ1) is 19.1. The third-order valence-corrected chi connectivity index (χ3v) is 6.29. The second-order valence-electron chi connectivity index (χ2n) is 8.31. The van der Waals surface area contributed by atoms with Gasteiger partial charge in [-0.05, 0) is 72.7 Å². The zero-order valence-corrected chi connectivity index (χ0v) is 17.3. The number of fused-ring (bicyclic) bond motifs is 1. The fourth-order valence-corrected chi connectivity index (χ4v) is 4.49. The topological polar surface area (TPSA) is 62.1 Å². The zero-order chi connectivity index (χ0) is 20.5. The molecule has 1 aromatic heterocycles. The summed E-state index contributed by atoms with van der Waals surface area (Å²) < 4.78 is 1.92. The molecular formula is C25H28N4O. The van der Waals surface area contributed by atoms with Gasteiger partial charge in [-0.1, -0.05) is 42.5 Å². The van der Waals surface area contributed by atoms with E-state index in [1.807, 2.05) is 29.1 Å². The Morgan fingerprint density at radius 1 is 1.07 bits per heavy atom. The Morgan fingerprint density at radius 2 is 1.87 bits per heavy atom. The highest BCUT2D eigenvalue weighted by molar-refractivity contribution is 5.86. The molecule has 0 aliphatic carbocycles. The van der Waals surface area contributed by atoms with Gasteiger partial charge in [0.2, 0.25) is 0 Å². The Morgan fingerprint density at radius 3 is 2.63 bits per heavy atom. The number of nitrogens with zero attached hydrogens (tertiary/aromatic N) is 2. The van der Waals surface area contributed by atoms with Gasteiger partial charge in [-0.2, -0.15) is 5.10 Å². The second-order valence-corrected chi connectivity index (χ2v) is 8.31. The van der Waals surface area contributed by atoms with Gasteiger partial charge in [0.1, 0.15) is 5.82 Å². The summed E-state index contributed by atoms with van der Waals surface area (Å²) in [6, 6.07) is 17.1. The van der Waals surface area contributed by atoms with Crippen LogP contribution in [0.3, 0.4) is 0 Å². The molecule has 0 radical (unpaired) electrons. The van der Waals surface area contributed by atoms with Crippen molar-refractivity contribution in [2.45, 2.75) is 31.8 Å².